The largest absolute Gasteiger partial charge is 0.335 e. The van der Waals surface area contributed by atoms with Crippen molar-refractivity contribution in [1.82, 2.24) is 10.6 Å². The first-order chi connectivity index (χ1) is 11.3. The minimum atomic E-state index is -0.0333. The summed E-state index contributed by atoms with van der Waals surface area (Å²) in [5, 5.41) is 9.69. The molecule has 0 aromatic heterocycles. The number of benzene rings is 1. The van der Waals surface area contributed by atoms with Gasteiger partial charge in [0, 0.05) is 24.8 Å². The molecule has 4 heteroatoms. The highest BCUT2D eigenvalue weighted by molar-refractivity contribution is 5.89. The van der Waals surface area contributed by atoms with E-state index in [9.17, 15) is 4.79 Å². The molecule has 4 nitrogen and oxygen atoms in total. The Kier molecular flexibility index (Phi) is 4.02. The molecule has 1 aliphatic heterocycles. The van der Waals surface area contributed by atoms with Crippen LogP contribution in [0.15, 0.2) is 18.2 Å². The average Bonchev–Trinajstić information content (AvgIpc) is 3.19. The minimum Gasteiger partial charge on any atom is -0.335 e. The lowest BCUT2D eigenvalue weighted by atomic mass is 9.69. The Labute approximate surface area is 138 Å². The molecule has 2 saturated carbocycles. The van der Waals surface area contributed by atoms with Crippen LogP contribution >= 0.6 is 0 Å². The van der Waals surface area contributed by atoms with E-state index in [-0.39, 0.29) is 6.03 Å². The normalized spacial score (nSPS) is 25.3. The van der Waals surface area contributed by atoms with Gasteiger partial charge < -0.3 is 16.0 Å². The van der Waals surface area contributed by atoms with Crippen LogP contribution in [0.1, 0.15) is 62.5 Å². The van der Waals surface area contributed by atoms with Crippen LogP contribution in [0.25, 0.3) is 0 Å². The minimum absolute atomic E-state index is 0.0333. The van der Waals surface area contributed by atoms with E-state index in [4.69, 9.17) is 0 Å². The molecular formula is C19H27N3O. The molecule has 1 aromatic carbocycles. The number of fused-ring (bicyclic) bond motifs is 1. The molecule has 0 bridgehead atoms. The number of carbonyl (C=O) groups excluding carboxylic acids is 1. The van der Waals surface area contributed by atoms with Crippen molar-refractivity contribution in [2.45, 2.75) is 70.5 Å². The standard InChI is InChI=1S/C19H27N3O/c23-18(21-16-7-6-14-12-20-13-15(14)11-16)22-17-5-1-2-8-19(17)9-3-4-10-19/h6-7,11,17,20H,1-5,8-10,12-13H2,(H2,21,22,23). The van der Waals surface area contributed by atoms with Crippen LogP contribution in [-0.4, -0.2) is 12.1 Å². The second-order valence-corrected chi connectivity index (χ2v) is 7.55. The van der Waals surface area contributed by atoms with Gasteiger partial charge in [-0.15, -0.1) is 0 Å². The van der Waals surface area contributed by atoms with Gasteiger partial charge in [-0.1, -0.05) is 31.7 Å². The van der Waals surface area contributed by atoms with Crippen LogP contribution in [0.5, 0.6) is 0 Å². The first kappa shape index (κ1) is 15.0. The van der Waals surface area contributed by atoms with Gasteiger partial charge in [0.25, 0.3) is 0 Å². The van der Waals surface area contributed by atoms with Crippen molar-refractivity contribution in [3.63, 3.8) is 0 Å². The molecule has 4 rings (SSSR count). The highest BCUT2D eigenvalue weighted by Crippen LogP contribution is 2.49. The van der Waals surface area contributed by atoms with Crippen LogP contribution in [0.2, 0.25) is 0 Å². The SMILES string of the molecule is O=C(Nc1ccc2c(c1)CNC2)NC1CCCCC12CCCC2. The second kappa shape index (κ2) is 6.16. The number of anilines is 1. The summed E-state index contributed by atoms with van der Waals surface area (Å²) in [7, 11) is 0. The lowest BCUT2D eigenvalue weighted by Gasteiger charge is -2.42. The van der Waals surface area contributed by atoms with Crippen molar-refractivity contribution in [2.24, 2.45) is 5.41 Å². The zero-order valence-corrected chi connectivity index (χ0v) is 13.8. The van der Waals surface area contributed by atoms with E-state index in [1.165, 1.54) is 56.1 Å². The smallest absolute Gasteiger partial charge is 0.319 e. The average molecular weight is 313 g/mol. The van der Waals surface area contributed by atoms with Crippen LogP contribution in [0.3, 0.4) is 0 Å². The third-order valence-corrected chi connectivity index (χ3v) is 6.16. The van der Waals surface area contributed by atoms with Gasteiger partial charge in [0.15, 0.2) is 0 Å². The van der Waals surface area contributed by atoms with Crippen LogP contribution in [0, 0.1) is 5.41 Å². The van der Waals surface area contributed by atoms with Gasteiger partial charge in [0.1, 0.15) is 0 Å². The highest BCUT2D eigenvalue weighted by atomic mass is 16.2. The molecular weight excluding hydrogens is 286 g/mol. The van der Waals surface area contributed by atoms with E-state index in [1.54, 1.807) is 0 Å². The van der Waals surface area contributed by atoms with Gasteiger partial charge in [-0.3, -0.25) is 0 Å². The molecule has 2 aliphatic carbocycles. The first-order valence-electron chi connectivity index (χ1n) is 9.15. The summed E-state index contributed by atoms with van der Waals surface area (Å²) in [5.74, 6) is 0. The number of nitrogens with one attached hydrogen (secondary N) is 3. The molecule has 124 valence electrons. The summed E-state index contributed by atoms with van der Waals surface area (Å²) in [5.41, 5.74) is 3.93. The number of urea groups is 1. The summed E-state index contributed by atoms with van der Waals surface area (Å²) in [6.07, 6.45) is 10.3. The topological polar surface area (TPSA) is 53.2 Å². The fourth-order valence-corrected chi connectivity index (χ4v) is 4.91. The first-order valence-corrected chi connectivity index (χ1v) is 9.15. The van der Waals surface area contributed by atoms with Crippen molar-refractivity contribution >= 4 is 11.7 Å². The Morgan fingerprint density at radius 2 is 1.78 bits per heavy atom. The number of amides is 2. The van der Waals surface area contributed by atoms with E-state index in [0.717, 1.165) is 25.2 Å². The summed E-state index contributed by atoms with van der Waals surface area (Å²) >= 11 is 0. The molecule has 3 N–H and O–H groups in total. The van der Waals surface area contributed by atoms with E-state index >= 15 is 0 Å². The van der Waals surface area contributed by atoms with E-state index < -0.39 is 0 Å². The van der Waals surface area contributed by atoms with Crippen molar-refractivity contribution < 1.29 is 4.79 Å². The van der Waals surface area contributed by atoms with Crippen LogP contribution in [0.4, 0.5) is 10.5 Å². The maximum atomic E-state index is 12.5. The summed E-state index contributed by atoms with van der Waals surface area (Å²) < 4.78 is 0. The van der Waals surface area contributed by atoms with Gasteiger partial charge in [-0.05, 0) is 54.4 Å². The predicted octanol–water partition coefficient (Wildman–Crippen LogP) is 3.91. The summed E-state index contributed by atoms with van der Waals surface area (Å²) in [4.78, 5) is 12.5. The van der Waals surface area contributed by atoms with E-state index in [2.05, 4.69) is 28.1 Å². The van der Waals surface area contributed by atoms with Crippen molar-refractivity contribution in [3.05, 3.63) is 29.3 Å². The molecule has 1 aromatic rings. The molecule has 1 spiro atoms. The van der Waals surface area contributed by atoms with Crippen molar-refractivity contribution in [2.75, 3.05) is 5.32 Å². The fraction of sp³-hybridized carbons (Fsp3) is 0.632. The van der Waals surface area contributed by atoms with E-state index in [1.807, 2.05) is 6.07 Å². The summed E-state index contributed by atoms with van der Waals surface area (Å²) in [6, 6.07) is 6.55. The van der Waals surface area contributed by atoms with Crippen LogP contribution < -0.4 is 16.0 Å². The Bertz CT molecular complexity index is 592. The molecule has 1 atom stereocenters. The van der Waals surface area contributed by atoms with Crippen molar-refractivity contribution in [1.29, 1.82) is 0 Å². The molecule has 1 unspecified atom stereocenters. The lowest BCUT2D eigenvalue weighted by Crippen LogP contribution is -2.49. The monoisotopic (exact) mass is 313 g/mol. The molecule has 2 fully saturated rings. The molecule has 1 heterocycles. The Morgan fingerprint density at radius 3 is 2.61 bits per heavy atom. The molecule has 0 radical (unpaired) electrons. The molecule has 2 amide bonds. The number of hydrogen-bond donors (Lipinski definition) is 3. The number of rotatable bonds is 2. The second-order valence-electron chi connectivity index (χ2n) is 7.55. The van der Waals surface area contributed by atoms with Gasteiger partial charge in [0.2, 0.25) is 0 Å². The third-order valence-electron chi connectivity index (χ3n) is 6.16. The van der Waals surface area contributed by atoms with Gasteiger partial charge in [-0.25, -0.2) is 4.79 Å². The Balaban J connectivity index is 1.41. The maximum absolute atomic E-state index is 12.5. The maximum Gasteiger partial charge on any atom is 0.319 e. The predicted molar refractivity (Wildman–Crippen MR) is 92.3 cm³/mol. The zero-order valence-electron chi connectivity index (χ0n) is 13.8. The Hall–Kier alpha value is -1.55. The number of hydrogen-bond acceptors (Lipinski definition) is 2. The summed E-state index contributed by atoms with van der Waals surface area (Å²) in [6.45, 7) is 1.84. The quantitative estimate of drug-likeness (QED) is 0.775. The van der Waals surface area contributed by atoms with Crippen molar-refractivity contribution in [3.8, 4) is 0 Å². The van der Waals surface area contributed by atoms with Gasteiger partial charge in [0.05, 0.1) is 0 Å². The Morgan fingerprint density at radius 1 is 1.04 bits per heavy atom. The lowest BCUT2D eigenvalue weighted by molar-refractivity contribution is 0.136. The highest BCUT2D eigenvalue weighted by Gasteiger charge is 2.43. The third kappa shape index (κ3) is 2.97. The zero-order chi connectivity index (χ0) is 15.7. The fourth-order valence-electron chi connectivity index (χ4n) is 4.91. The van der Waals surface area contributed by atoms with Crippen LogP contribution in [-0.2, 0) is 13.1 Å². The molecule has 0 saturated heterocycles. The number of carbonyl (C=O) groups is 1. The molecule has 23 heavy (non-hydrogen) atoms. The van der Waals surface area contributed by atoms with Gasteiger partial charge in [-0.2, -0.15) is 0 Å². The van der Waals surface area contributed by atoms with E-state index in [0.29, 0.717) is 11.5 Å². The molecule has 3 aliphatic rings. The van der Waals surface area contributed by atoms with Gasteiger partial charge >= 0.3 is 6.03 Å².